The van der Waals surface area contributed by atoms with Crippen LogP contribution in [0, 0.1) is 0 Å². The molecule has 3 rings (SSSR count). The van der Waals surface area contributed by atoms with Gasteiger partial charge in [0.15, 0.2) is 0 Å². The maximum Gasteiger partial charge on any atom is 0.261 e. The molecule has 3 aromatic rings. The fourth-order valence-electron chi connectivity index (χ4n) is 2.66. The first-order chi connectivity index (χ1) is 13.8. The molecule has 0 fully saturated rings. The van der Waals surface area contributed by atoms with Gasteiger partial charge in [0.25, 0.3) is 10.0 Å². The fourth-order valence-corrected chi connectivity index (χ4v) is 4.13. The molecule has 8 heteroatoms. The fraction of sp³-hybridized carbons (Fsp3) is 0.0952. The highest BCUT2D eigenvalue weighted by molar-refractivity contribution is 7.92. The van der Waals surface area contributed by atoms with Crippen LogP contribution in [-0.2, 0) is 21.2 Å². The summed E-state index contributed by atoms with van der Waals surface area (Å²) in [5.41, 5.74) is 1.78. The SMILES string of the molecule is O=C(CCc1ccccc1Cl)Nc1ccc(S(=O)(=O)Nc2cccc(Cl)c2)cc1. The predicted octanol–water partition coefficient (Wildman–Crippen LogP) is 5.37. The molecule has 150 valence electrons. The van der Waals surface area contributed by atoms with Crippen LogP contribution in [-0.4, -0.2) is 14.3 Å². The van der Waals surface area contributed by atoms with Gasteiger partial charge in [0.1, 0.15) is 0 Å². The number of sulfonamides is 1. The molecule has 5 nitrogen and oxygen atoms in total. The molecule has 0 bridgehead atoms. The van der Waals surface area contributed by atoms with Crippen molar-refractivity contribution in [2.75, 3.05) is 10.0 Å². The van der Waals surface area contributed by atoms with E-state index in [-0.39, 0.29) is 17.2 Å². The van der Waals surface area contributed by atoms with Crippen LogP contribution >= 0.6 is 23.2 Å². The topological polar surface area (TPSA) is 75.3 Å². The van der Waals surface area contributed by atoms with Gasteiger partial charge in [-0.25, -0.2) is 8.42 Å². The van der Waals surface area contributed by atoms with Gasteiger partial charge in [-0.15, -0.1) is 0 Å². The summed E-state index contributed by atoms with van der Waals surface area (Å²) in [6, 6.07) is 19.7. The van der Waals surface area contributed by atoms with E-state index < -0.39 is 10.0 Å². The Bertz CT molecular complexity index is 1120. The highest BCUT2D eigenvalue weighted by Gasteiger charge is 2.14. The summed E-state index contributed by atoms with van der Waals surface area (Å²) >= 11 is 12.0. The van der Waals surface area contributed by atoms with Crippen LogP contribution in [0.3, 0.4) is 0 Å². The normalized spacial score (nSPS) is 11.1. The Morgan fingerprint density at radius 3 is 2.28 bits per heavy atom. The highest BCUT2D eigenvalue weighted by atomic mass is 35.5. The number of rotatable bonds is 7. The Morgan fingerprint density at radius 1 is 0.862 bits per heavy atom. The van der Waals surface area contributed by atoms with Crippen molar-refractivity contribution >= 4 is 50.5 Å². The number of nitrogens with one attached hydrogen (secondary N) is 2. The van der Waals surface area contributed by atoms with Gasteiger partial charge in [-0.3, -0.25) is 9.52 Å². The minimum Gasteiger partial charge on any atom is -0.326 e. The summed E-state index contributed by atoms with van der Waals surface area (Å²) in [6.45, 7) is 0. The van der Waals surface area contributed by atoms with Crippen molar-refractivity contribution in [3.8, 4) is 0 Å². The van der Waals surface area contributed by atoms with E-state index in [1.54, 1.807) is 36.4 Å². The van der Waals surface area contributed by atoms with E-state index in [1.165, 1.54) is 18.2 Å². The van der Waals surface area contributed by atoms with Crippen molar-refractivity contribution in [2.45, 2.75) is 17.7 Å². The number of aryl methyl sites for hydroxylation is 1. The number of hydrogen-bond donors (Lipinski definition) is 2. The molecule has 0 saturated carbocycles. The molecule has 0 atom stereocenters. The number of carbonyl (C=O) groups is 1. The Labute approximate surface area is 179 Å². The largest absolute Gasteiger partial charge is 0.326 e. The molecule has 0 radical (unpaired) electrons. The molecule has 0 aliphatic heterocycles. The van der Waals surface area contributed by atoms with Crippen LogP contribution in [0.4, 0.5) is 11.4 Å². The first kappa shape index (κ1) is 21.2. The Hall–Kier alpha value is -2.54. The first-order valence-corrected chi connectivity index (χ1v) is 11.0. The summed E-state index contributed by atoms with van der Waals surface area (Å²) in [5.74, 6) is -0.183. The van der Waals surface area contributed by atoms with Gasteiger partial charge in [0, 0.05) is 22.2 Å². The standard InChI is InChI=1S/C21H18Cl2N2O3S/c22-16-5-3-6-18(14-16)25-29(27,28)19-11-9-17(10-12-19)24-21(26)13-8-15-4-1-2-7-20(15)23/h1-7,9-12,14,25H,8,13H2,(H,24,26). The van der Waals surface area contributed by atoms with Gasteiger partial charge in [0.05, 0.1) is 10.6 Å². The number of anilines is 2. The van der Waals surface area contributed by atoms with Crippen molar-refractivity contribution in [2.24, 2.45) is 0 Å². The molecule has 3 aromatic carbocycles. The zero-order chi connectivity index (χ0) is 20.9. The van der Waals surface area contributed by atoms with Gasteiger partial charge >= 0.3 is 0 Å². The minimum absolute atomic E-state index is 0.0755. The molecule has 0 aliphatic carbocycles. The maximum atomic E-state index is 12.5. The van der Waals surface area contributed by atoms with Gasteiger partial charge in [-0.1, -0.05) is 47.5 Å². The molecule has 0 spiro atoms. The van der Waals surface area contributed by atoms with E-state index in [2.05, 4.69) is 10.0 Å². The van der Waals surface area contributed by atoms with E-state index >= 15 is 0 Å². The summed E-state index contributed by atoms with van der Waals surface area (Å²) in [6.07, 6.45) is 0.779. The number of halogens is 2. The van der Waals surface area contributed by atoms with E-state index in [0.717, 1.165) is 5.56 Å². The average molecular weight is 449 g/mol. The van der Waals surface area contributed by atoms with Gasteiger partial charge in [-0.05, 0) is 60.5 Å². The second-order valence-electron chi connectivity index (χ2n) is 6.28. The predicted molar refractivity (Wildman–Crippen MR) is 117 cm³/mol. The monoisotopic (exact) mass is 448 g/mol. The lowest BCUT2D eigenvalue weighted by molar-refractivity contribution is -0.116. The van der Waals surface area contributed by atoms with E-state index in [9.17, 15) is 13.2 Å². The Balaban J connectivity index is 1.60. The zero-order valence-electron chi connectivity index (χ0n) is 15.2. The Morgan fingerprint density at radius 2 is 1.59 bits per heavy atom. The van der Waals surface area contributed by atoms with Crippen LogP contribution in [0.2, 0.25) is 10.0 Å². The molecule has 0 aromatic heterocycles. The van der Waals surface area contributed by atoms with E-state index in [1.807, 2.05) is 18.2 Å². The smallest absolute Gasteiger partial charge is 0.261 e. The first-order valence-electron chi connectivity index (χ1n) is 8.75. The van der Waals surface area contributed by atoms with Crippen LogP contribution in [0.1, 0.15) is 12.0 Å². The van der Waals surface area contributed by atoms with E-state index in [4.69, 9.17) is 23.2 Å². The zero-order valence-corrected chi connectivity index (χ0v) is 17.6. The van der Waals surface area contributed by atoms with Crippen LogP contribution in [0.25, 0.3) is 0 Å². The van der Waals surface area contributed by atoms with Gasteiger partial charge < -0.3 is 5.32 Å². The maximum absolute atomic E-state index is 12.5. The third kappa shape index (κ3) is 5.97. The van der Waals surface area contributed by atoms with Crippen molar-refractivity contribution in [1.82, 2.24) is 0 Å². The second kappa shape index (κ2) is 9.31. The van der Waals surface area contributed by atoms with Crippen LogP contribution < -0.4 is 10.0 Å². The Kier molecular flexibility index (Phi) is 6.79. The molecular formula is C21H18Cl2N2O3S. The van der Waals surface area contributed by atoms with Gasteiger partial charge in [-0.2, -0.15) is 0 Å². The third-order valence-electron chi connectivity index (χ3n) is 4.10. The summed E-state index contributed by atoms with van der Waals surface area (Å²) < 4.78 is 27.4. The van der Waals surface area contributed by atoms with Crippen molar-refractivity contribution in [3.05, 3.63) is 88.4 Å². The molecular weight excluding hydrogens is 431 g/mol. The highest BCUT2D eigenvalue weighted by Crippen LogP contribution is 2.21. The molecule has 1 amide bonds. The molecule has 0 heterocycles. The third-order valence-corrected chi connectivity index (χ3v) is 6.11. The average Bonchev–Trinajstić information content (AvgIpc) is 2.67. The van der Waals surface area contributed by atoms with Crippen LogP contribution in [0.5, 0.6) is 0 Å². The van der Waals surface area contributed by atoms with Crippen LogP contribution in [0.15, 0.2) is 77.7 Å². The quantitative estimate of drug-likeness (QED) is 0.510. The second-order valence-corrected chi connectivity index (χ2v) is 8.81. The molecule has 0 aliphatic rings. The lowest BCUT2D eigenvalue weighted by Crippen LogP contribution is -2.14. The molecule has 0 saturated heterocycles. The number of amides is 1. The van der Waals surface area contributed by atoms with Crippen molar-refractivity contribution in [3.63, 3.8) is 0 Å². The minimum atomic E-state index is -3.76. The van der Waals surface area contributed by atoms with Gasteiger partial charge in [0.2, 0.25) is 5.91 Å². The van der Waals surface area contributed by atoms with Crippen molar-refractivity contribution in [1.29, 1.82) is 0 Å². The summed E-state index contributed by atoms with van der Waals surface area (Å²) in [4.78, 5) is 12.2. The number of benzene rings is 3. The number of hydrogen-bond acceptors (Lipinski definition) is 3. The lowest BCUT2D eigenvalue weighted by atomic mass is 10.1. The molecule has 29 heavy (non-hydrogen) atoms. The molecule has 2 N–H and O–H groups in total. The lowest BCUT2D eigenvalue weighted by Gasteiger charge is -2.10. The van der Waals surface area contributed by atoms with Crippen molar-refractivity contribution < 1.29 is 13.2 Å². The van der Waals surface area contributed by atoms with E-state index in [0.29, 0.717) is 27.8 Å². The summed E-state index contributed by atoms with van der Waals surface area (Å²) in [5, 5.41) is 3.81. The molecule has 0 unspecified atom stereocenters. The summed E-state index contributed by atoms with van der Waals surface area (Å²) in [7, 11) is -3.76. The number of carbonyl (C=O) groups excluding carboxylic acids is 1.